The molecule has 9 aromatic carbocycles. The second-order valence-corrected chi connectivity index (χ2v) is 20.7. The monoisotopic (exact) mass is 1120 g/mol. The van der Waals surface area contributed by atoms with Gasteiger partial charge >= 0.3 is 0 Å². The molecule has 0 bridgehead atoms. The third kappa shape index (κ3) is 6.69. The van der Waals surface area contributed by atoms with Crippen LogP contribution in [0.15, 0.2) is 222 Å². The maximum absolute atomic E-state index is 7.14. The summed E-state index contributed by atoms with van der Waals surface area (Å²) in [6.45, 7) is 8.95. The molecule has 0 amide bonds. The van der Waals surface area contributed by atoms with E-state index >= 15 is 0 Å². The van der Waals surface area contributed by atoms with Crippen LogP contribution in [0.25, 0.3) is 49.9 Å². The van der Waals surface area contributed by atoms with E-state index in [0.29, 0.717) is 11.5 Å². The number of fused-ring (bicyclic) bond motifs is 7. The maximum atomic E-state index is 7.14. The quantitative estimate of drug-likeness (QED) is 0.149. The van der Waals surface area contributed by atoms with Crippen molar-refractivity contribution in [2.75, 3.05) is 9.80 Å². The Kier molecular flexibility index (Phi) is 10.5. The van der Waals surface area contributed by atoms with Crippen LogP contribution >= 0.6 is 11.8 Å². The zero-order valence-electron chi connectivity index (χ0n) is 39.7. The fourth-order valence-corrected chi connectivity index (χ4v) is 12.6. The van der Waals surface area contributed by atoms with Gasteiger partial charge in [0.15, 0.2) is 0 Å². The Morgan fingerprint density at radius 2 is 1.14 bits per heavy atom. The van der Waals surface area contributed by atoms with Crippen LogP contribution < -0.4 is 14.5 Å². The molecule has 3 aliphatic rings. The SMILES string of the molecule is CC(C)(C)c1ccnc(-n2c3[c-]c(Oc4[c-]c(N5[CH-]N(c6c(-c7ccccc7)cccc6-c6ccccc6)c6ccccc65)ccc4)cc4c3c3c(cccc32)C42c3ccccc3Sc3ccccc32)c1.[Pt]. The fourth-order valence-electron chi connectivity index (χ4n) is 11.4. The average molecular weight is 1130 g/mol. The van der Waals surface area contributed by atoms with Crippen molar-refractivity contribution in [3.8, 4) is 39.6 Å². The summed E-state index contributed by atoms with van der Waals surface area (Å²) in [5, 5.41) is 2.40. The summed E-state index contributed by atoms with van der Waals surface area (Å²) in [6.07, 6.45) is 1.94. The van der Waals surface area contributed by atoms with Gasteiger partial charge in [-0.05, 0) is 86.6 Å². The Balaban J connectivity index is 0.00000504. The molecule has 0 N–H and O–H groups in total. The average Bonchev–Trinajstić information content (AvgIpc) is 4.06. The number of hydrogen-bond acceptors (Lipinski definition) is 5. The number of rotatable bonds is 7. The Morgan fingerprint density at radius 3 is 1.82 bits per heavy atom. The van der Waals surface area contributed by atoms with Crippen molar-refractivity contribution in [3.05, 3.63) is 259 Å². The zero-order valence-corrected chi connectivity index (χ0v) is 42.8. The standard InChI is InChI=1S/C65H45N4OS.Pt/c1-64(2,3)44-35-36-66-60(37-44)69-56-32-18-29-52-61(56)62-53(65(52)50-27-10-14-33-58(50)71-59-34-15-11-28-51(59)65)39-47(40-57(62)69)70-46-24-16-23-45(38-46)67-41-68(55-31-13-12-30-54(55)67)63-48(42-19-6-4-7-20-42)25-17-26-49(63)43-21-8-5-9-22-43;/h4-37,39,41H,1-3H3;/q-3;. The minimum absolute atomic E-state index is 0. The molecule has 350 valence electrons. The molecule has 11 aromatic rings. The minimum atomic E-state index is -0.592. The van der Waals surface area contributed by atoms with Crippen molar-refractivity contribution in [1.82, 2.24) is 9.55 Å². The van der Waals surface area contributed by atoms with E-state index in [9.17, 15) is 0 Å². The number of hydrogen-bond donors (Lipinski definition) is 0. The number of para-hydroxylation sites is 3. The van der Waals surface area contributed by atoms with E-state index in [1.807, 2.05) is 24.0 Å². The maximum Gasteiger partial charge on any atom is 0.135 e. The normalized spacial score (nSPS) is 13.9. The van der Waals surface area contributed by atoms with Crippen molar-refractivity contribution >= 4 is 56.3 Å². The first-order valence-corrected chi connectivity index (χ1v) is 25.0. The summed E-state index contributed by atoms with van der Waals surface area (Å²) < 4.78 is 9.43. The molecule has 72 heavy (non-hydrogen) atoms. The summed E-state index contributed by atoms with van der Waals surface area (Å²) in [5.74, 6) is 2.06. The van der Waals surface area contributed by atoms with Gasteiger partial charge in [0.25, 0.3) is 0 Å². The van der Waals surface area contributed by atoms with Crippen LogP contribution in [-0.4, -0.2) is 9.55 Å². The van der Waals surface area contributed by atoms with Gasteiger partial charge in [-0.15, -0.1) is 48.3 Å². The Bertz CT molecular complexity index is 3830. The molecule has 0 atom stereocenters. The van der Waals surface area contributed by atoms with Gasteiger partial charge in [-0.1, -0.05) is 183 Å². The van der Waals surface area contributed by atoms with Crippen LogP contribution in [0.5, 0.6) is 11.5 Å². The topological polar surface area (TPSA) is 33.5 Å². The van der Waals surface area contributed by atoms with E-state index in [4.69, 9.17) is 9.72 Å². The van der Waals surface area contributed by atoms with Crippen LogP contribution in [0, 0.1) is 18.8 Å². The van der Waals surface area contributed by atoms with Crippen LogP contribution in [0.3, 0.4) is 0 Å². The van der Waals surface area contributed by atoms with E-state index in [0.717, 1.165) is 61.9 Å². The summed E-state index contributed by atoms with van der Waals surface area (Å²) in [5.41, 5.74) is 16.2. The third-order valence-corrected chi connectivity index (χ3v) is 15.7. The summed E-state index contributed by atoms with van der Waals surface area (Å²) in [7, 11) is 0. The summed E-state index contributed by atoms with van der Waals surface area (Å²) in [6, 6.07) is 81.5. The molecule has 0 fully saturated rings. The van der Waals surface area contributed by atoms with Gasteiger partial charge in [0.05, 0.1) is 5.41 Å². The molecule has 1 spiro atoms. The molecule has 2 aromatic heterocycles. The molecular weight excluding hydrogens is 1080 g/mol. The van der Waals surface area contributed by atoms with Gasteiger partial charge in [0, 0.05) is 82.3 Å². The number of anilines is 4. The Labute approximate surface area is 438 Å². The first-order valence-electron chi connectivity index (χ1n) is 24.2. The number of pyridine rings is 1. The van der Waals surface area contributed by atoms with Crippen LogP contribution in [0.1, 0.15) is 48.6 Å². The van der Waals surface area contributed by atoms with Crippen molar-refractivity contribution in [2.24, 2.45) is 0 Å². The molecule has 1 aliphatic carbocycles. The third-order valence-electron chi connectivity index (χ3n) is 14.5. The van der Waals surface area contributed by atoms with Crippen LogP contribution in [-0.2, 0) is 31.9 Å². The molecule has 4 heterocycles. The van der Waals surface area contributed by atoms with E-state index in [1.165, 1.54) is 48.4 Å². The molecule has 0 saturated carbocycles. The van der Waals surface area contributed by atoms with Crippen LogP contribution in [0.2, 0.25) is 0 Å². The van der Waals surface area contributed by atoms with E-state index in [1.54, 1.807) is 0 Å². The molecule has 0 radical (unpaired) electrons. The Morgan fingerprint density at radius 1 is 0.542 bits per heavy atom. The van der Waals surface area contributed by atoms with Crippen molar-refractivity contribution in [2.45, 2.75) is 41.4 Å². The van der Waals surface area contributed by atoms with Gasteiger partial charge in [-0.2, -0.15) is 6.07 Å². The van der Waals surface area contributed by atoms with E-state index in [-0.39, 0.29) is 26.5 Å². The van der Waals surface area contributed by atoms with Gasteiger partial charge in [0.1, 0.15) is 5.82 Å². The first kappa shape index (κ1) is 44.3. The van der Waals surface area contributed by atoms with Crippen molar-refractivity contribution in [3.63, 3.8) is 0 Å². The van der Waals surface area contributed by atoms with Gasteiger partial charge in [-0.25, -0.2) is 4.98 Å². The molecule has 5 nitrogen and oxygen atoms in total. The molecule has 0 saturated heterocycles. The van der Waals surface area contributed by atoms with Crippen molar-refractivity contribution < 1.29 is 25.8 Å². The van der Waals surface area contributed by atoms with Crippen molar-refractivity contribution in [1.29, 1.82) is 0 Å². The molecule has 14 rings (SSSR count). The van der Waals surface area contributed by atoms with Gasteiger partial charge < -0.3 is 19.1 Å². The van der Waals surface area contributed by atoms with E-state index in [2.05, 4.69) is 254 Å². The molecule has 2 aliphatic heterocycles. The number of aromatic nitrogens is 2. The smallest absolute Gasteiger partial charge is 0.135 e. The fraction of sp³-hybridized carbons (Fsp3) is 0.0769. The number of ether oxygens (including phenoxy) is 1. The number of nitrogens with zero attached hydrogens (tertiary/aromatic N) is 4. The second kappa shape index (κ2) is 17.0. The van der Waals surface area contributed by atoms with Gasteiger partial charge in [0.2, 0.25) is 0 Å². The van der Waals surface area contributed by atoms with Gasteiger partial charge in [-0.3, -0.25) is 0 Å². The molecule has 0 unspecified atom stereocenters. The molecule has 7 heteroatoms. The van der Waals surface area contributed by atoms with E-state index < -0.39 is 5.41 Å². The summed E-state index contributed by atoms with van der Waals surface area (Å²) in [4.78, 5) is 12.1. The first-order chi connectivity index (χ1) is 34.8. The second-order valence-electron chi connectivity index (χ2n) is 19.6. The Hall–Kier alpha value is -7.63. The predicted octanol–water partition coefficient (Wildman–Crippen LogP) is 16.8. The summed E-state index contributed by atoms with van der Waals surface area (Å²) >= 11 is 1.85. The molecular formula is C65H45N4OPtS-3. The number of benzene rings is 9. The zero-order chi connectivity index (χ0) is 47.4. The largest absolute Gasteiger partial charge is 0.509 e. The minimum Gasteiger partial charge on any atom is -0.509 e. The van der Waals surface area contributed by atoms with Crippen LogP contribution in [0.4, 0.5) is 22.7 Å². The predicted molar refractivity (Wildman–Crippen MR) is 290 cm³/mol.